The molecule has 0 fully saturated rings. The topological polar surface area (TPSA) is 87.5 Å². The molecular formula is C26H18Cl2N4O2. The maximum atomic E-state index is 11.0. The Kier molecular flexibility index (Phi) is 6.01. The fourth-order valence-electron chi connectivity index (χ4n) is 3.93. The van der Waals surface area contributed by atoms with Crippen molar-refractivity contribution < 1.29 is 9.90 Å². The van der Waals surface area contributed by atoms with Crippen LogP contribution in [-0.2, 0) is 17.8 Å². The third-order valence-corrected chi connectivity index (χ3v) is 6.00. The van der Waals surface area contributed by atoms with Gasteiger partial charge in [-0.05, 0) is 35.9 Å². The molecule has 4 aromatic rings. The largest absolute Gasteiger partial charge is 0.481 e. The number of halogens is 2. The Labute approximate surface area is 206 Å². The number of carboxylic acid groups (broad SMARTS) is 1. The summed E-state index contributed by atoms with van der Waals surface area (Å²) in [4.78, 5) is 25.2. The van der Waals surface area contributed by atoms with Crippen molar-refractivity contribution in [2.75, 3.05) is 5.32 Å². The van der Waals surface area contributed by atoms with Crippen molar-refractivity contribution >= 4 is 46.5 Å². The molecule has 0 saturated carbocycles. The number of fused-ring (bicyclic) bond motifs is 3. The van der Waals surface area contributed by atoms with Crippen LogP contribution in [0.25, 0.3) is 11.3 Å². The number of carbonyl (C=O) groups is 1. The molecule has 3 aromatic carbocycles. The van der Waals surface area contributed by atoms with Crippen molar-refractivity contribution in [2.24, 2.45) is 4.99 Å². The normalized spacial score (nSPS) is 12.2. The molecule has 1 aliphatic rings. The molecule has 6 nitrogen and oxygen atoms in total. The first-order valence-corrected chi connectivity index (χ1v) is 11.3. The average molecular weight is 489 g/mol. The van der Waals surface area contributed by atoms with Gasteiger partial charge in [0, 0.05) is 44.2 Å². The Bertz CT molecular complexity index is 1450. The summed E-state index contributed by atoms with van der Waals surface area (Å²) in [6.07, 6.45) is 1.69. The number of nitrogens with one attached hydrogen (secondary N) is 1. The van der Waals surface area contributed by atoms with Gasteiger partial charge >= 0.3 is 5.97 Å². The van der Waals surface area contributed by atoms with E-state index in [0.29, 0.717) is 33.8 Å². The number of anilines is 2. The van der Waals surface area contributed by atoms with E-state index in [1.165, 1.54) is 0 Å². The molecule has 0 radical (unpaired) electrons. The summed E-state index contributed by atoms with van der Waals surface area (Å²) in [6, 6.07) is 20.4. The standard InChI is InChI=1S/C26H18Cl2N4O2/c27-17-8-9-19-21(12-17)25(20-6-1-2-7-22(20)28)29-13-16-14-30-26(32-24(16)19)31-18-5-3-4-15(10-18)11-23(33)34/h1-10,12,14H,11,13H2,(H,33,34)(H,30,31,32). The van der Waals surface area contributed by atoms with Crippen LogP contribution < -0.4 is 5.32 Å². The lowest BCUT2D eigenvalue weighted by Gasteiger charge is -2.13. The van der Waals surface area contributed by atoms with Gasteiger partial charge in [-0.2, -0.15) is 0 Å². The first-order valence-electron chi connectivity index (χ1n) is 10.5. The maximum absolute atomic E-state index is 11.0. The number of benzene rings is 3. The summed E-state index contributed by atoms with van der Waals surface area (Å²) in [5.41, 5.74) is 6.29. The third-order valence-electron chi connectivity index (χ3n) is 5.43. The van der Waals surface area contributed by atoms with E-state index in [2.05, 4.69) is 10.3 Å². The van der Waals surface area contributed by atoms with Crippen molar-refractivity contribution in [1.29, 1.82) is 0 Å². The van der Waals surface area contributed by atoms with E-state index in [9.17, 15) is 4.79 Å². The van der Waals surface area contributed by atoms with E-state index in [0.717, 1.165) is 33.7 Å². The second-order valence-corrected chi connectivity index (χ2v) is 8.64. The zero-order valence-electron chi connectivity index (χ0n) is 17.8. The van der Waals surface area contributed by atoms with Crippen LogP contribution in [-0.4, -0.2) is 26.8 Å². The fraction of sp³-hybridized carbons (Fsp3) is 0.0769. The summed E-state index contributed by atoms with van der Waals surface area (Å²) >= 11 is 12.9. The van der Waals surface area contributed by atoms with Crippen LogP contribution in [0.1, 0.15) is 22.3 Å². The Morgan fingerprint density at radius 3 is 2.65 bits per heavy atom. The Morgan fingerprint density at radius 1 is 0.971 bits per heavy atom. The molecule has 2 N–H and O–H groups in total. The van der Waals surface area contributed by atoms with Gasteiger partial charge in [0.05, 0.1) is 24.4 Å². The van der Waals surface area contributed by atoms with Crippen molar-refractivity contribution in [2.45, 2.75) is 13.0 Å². The van der Waals surface area contributed by atoms with E-state index in [1.54, 1.807) is 24.4 Å². The third kappa shape index (κ3) is 4.51. The van der Waals surface area contributed by atoms with Crippen LogP contribution in [0.2, 0.25) is 10.0 Å². The highest BCUT2D eigenvalue weighted by Gasteiger charge is 2.22. The van der Waals surface area contributed by atoms with Crippen molar-refractivity contribution in [3.8, 4) is 11.3 Å². The lowest BCUT2D eigenvalue weighted by atomic mass is 9.95. The molecule has 0 atom stereocenters. The Hall–Kier alpha value is -3.74. The lowest BCUT2D eigenvalue weighted by molar-refractivity contribution is -0.136. The van der Waals surface area contributed by atoms with E-state index >= 15 is 0 Å². The highest BCUT2D eigenvalue weighted by atomic mass is 35.5. The predicted molar refractivity (Wildman–Crippen MR) is 134 cm³/mol. The fourth-order valence-corrected chi connectivity index (χ4v) is 4.33. The molecule has 0 amide bonds. The van der Waals surface area contributed by atoms with Crippen LogP contribution in [0.4, 0.5) is 11.6 Å². The molecule has 0 spiro atoms. The molecule has 0 bridgehead atoms. The quantitative estimate of drug-likeness (QED) is 0.350. The molecule has 0 saturated heterocycles. The molecule has 8 heteroatoms. The summed E-state index contributed by atoms with van der Waals surface area (Å²) in [6.45, 7) is 0.385. The molecule has 34 heavy (non-hydrogen) atoms. The van der Waals surface area contributed by atoms with Gasteiger partial charge in [0.2, 0.25) is 5.95 Å². The van der Waals surface area contributed by atoms with E-state index in [-0.39, 0.29) is 6.42 Å². The number of hydrogen-bond donors (Lipinski definition) is 2. The predicted octanol–water partition coefficient (Wildman–Crippen LogP) is 6.17. The maximum Gasteiger partial charge on any atom is 0.307 e. The molecule has 5 rings (SSSR count). The van der Waals surface area contributed by atoms with Crippen LogP contribution in [0.3, 0.4) is 0 Å². The molecule has 0 aliphatic carbocycles. The van der Waals surface area contributed by atoms with Gasteiger partial charge in [0.25, 0.3) is 0 Å². The summed E-state index contributed by atoms with van der Waals surface area (Å²) in [5, 5.41) is 13.4. The highest BCUT2D eigenvalue weighted by molar-refractivity contribution is 6.36. The van der Waals surface area contributed by atoms with Crippen LogP contribution >= 0.6 is 23.2 Å². The number of aliphatic carboxylic acids is 1. The van der Waals surface area contributed by atoms with E-state index < -0.39 is 5.97 Å². The smallest absolute Gasteiger partial charge is 0.307 e. The number of carboxylic acids is 1. The van der Waals surface area contributed by atoms with Crippen LogP contribution in [0, 0.1) is 0 Å². The minimum absolute atomic E-state index is 0.0587. The Morgan fingerprint density at radius 2 is 1.82 bits per heavy atom. The van der Waals surface area contributed by atoms with E-state index in [1.807, 2.05) is 48.5 Å². The SMILES string of the molecule is O=C(O)Cc1cccc(Nc2ncc3c(n2)-c2ccc(Cl)cc2C(c2ccccc2Cl)=NC3)c1. The van der Waals surface area contributed by atoms with Crippen molar-refractivity contribution in [3.63, 3.8) is 0 Å². The second-order valence-electron chi connectivity index (χ2n) is 7.80. The number of nitrogens with zero attached hydrogens (tertiary/aromatic N) is 3. The van der Waals surface area contributed by atoms with Gasteiger partial charge in [-0.3, -0.25) is 9.79 Å². The summed E-state index contributed by atoms with van der Waals surface area (Å²) < 4.78 is 0. The molecule has 1 aliphatic heterocycles. The first-order chi connectivity index (χ1) is 16.5. The van der Waals surface area contributed by atoms with Crippen molar-refractivity contribution in [3.05, 3.63) is 105 Å². The van der Waals surface area contributed by atoms with Gasteiger partial charge in [0.1, 0.15) is 0 Å². The minimum atomic E-state index is -0.886. The number of hydrogen-bond acceptors (Lipinski definition) is 5. The van der Waals surface area contributed by atoms with Crippen LogP contribution in [0.5, 0.6) is 0 Å². The van der Waals surface area contributed by atoms with Gasteiger partial charge in [0.15, 0.2) is 0 Å². The summed E-state index contributed by atoms with van der Waals surface area (Å²) in [7, 11) is 0. The Balaban J connectivity index is 1.56. The minimum Gasteiger partial charge on any atom is -0.481 e. The summed E-state index contributed by atoms with van der Waals surface area (Å²) in [5.74, 6) is -0.489. The lowest BCUT2D eigenvalue weighted by Crippen LogP contribution is -2.06. The van der Waals surface area contributed by atoms with E-state index in [4.69, 9.17) is 38.3 Å². The molecular weight excluding hydrogens is 471 g/mol. The molecule has 0 unspecified atom stereocenters. The number of aliphatic imine (C=N–C) groups is 1. The highest BCUT2D eigenvalue weighted by Crippen LogP contribution is 2.35. The molecule has 1 aromatic heterocycles. The zero-order valence-corrected chi connectivity index (χ0v) is 19.3. The zero-order chi connectivity index (χ0) is 23.7. The van der Waals surface area contributed by atoms with Crippen LogP contribution in [0.15, 0.2) is 77.9 Å². The second kappa shape index (κ2) is 9.25. The monoisotopic (exact) mass is 488 g/mol. The van der Waals surface area contributed by atoms with Gasteiger partial charge in [-0.25, -0.2) is 9.97 Å². The average Bonchev–Trinajstić information content (AvgIpc) is 2.96. The number of aromatic nitrogens is 2. The molecule has 2 heterocycles. The van der Waals surface area contributed by atoms with Crippen molar-refractivity contribution in [1.82, 2.24) is 9.97 Å². The van der Waals surface area contributed by atoms with Gasteiger partial charge in [-0.15, -0.1) is 0 Å². The van der Waals surface area contributed by atoms with Gasteiger partial charge < -0.3 is 10.4 Å². The van der Waals surface area contributed by atoms with Gasteiger partial charge in [-0.1, -0.05) is 59.6 Å². The first kappa shape index (κ1) is 22.1. The molecule has 168 valence electrons. The number of rotatable bonds is 5.